The van der Waals surface area contributed by atoms with Crippen molar-refractivity contribution in [3.63, 3.8) is 0 Å². The number of hydrogen-bond donors (Lipinski definition) is 1. The lowest BCUT2D eigenvalue weighted by Gasteiger charge is -2.44. The Bertz CT molecular complexity index is 451. The number of carbonyl (C=O) groups is 1. The van der Waals surface area contributed by atoms with Crippen LogP contribution in [-0.4, -0.2) is 41.7 Å². The van der Waals surface area contributed by atoms with Crippen LogP contribution in [0.4, 0.5) is 4.39 Å². The molecule has 0 aliphatic carbocycles. The number of β-amino-alcohol motifs (C(OH)–C–C–N with tert-alkyl or cyclic N) is 1. The molecule has 0 aromatic heterocycles. The molecule has 1 heterocycles. The van der Waals surface area contributed by atoms with Crippen molar-refractivity contribution in [3.8, 4) is 5.75 Å². The largest absolute Gasteiger partial charge is 0.497 e. The fraction of sp³-hybridized carbons (Fsp3) is 0.417. The lowest BCUT2D eigenvalue weighted by atomic mass is 9.96. The van der Waals surface area contributed by atoms with Crippen LogP contribution < -0.4 is 4.74 Å². The lowest BCUT2D eigenvalue weighted by molar-refractivity contribution is -0.0670. The molecule has 2 rings (SSSR count). The van der Waals surface area contributed by atoms with Crippen LogP contribution in [-0.2, 0) is 0 Å². The van der Waals surface area contributed by atoms with Crippen LogP contribution in [0.2, 0.25) is 0 Å². The van der Waals surface area contributed by atoms with Crippen molar-refractivity contribution in [2.24, 2.45) is 0 Å². The molecular weight excluding hydrogens is 225 g/mol. The van der Waals surface area contributed by atoms with Gasteiger partial charge in [0.1, 0.15) is 11.6 Å². The van der Waals surface area contributed by atoms with E-state index in [-0.39, 0.29) is 18.7 Å². The average molecular weight is 239 g/mol. The van der Waals surface area contributed by atoms with Gasteiger partial charge in [0.2, 0.25) is 0 Å². The van der Waals surface area contributed by atoms with Crippen LogP contribution in [0.3, 0.4) is 0 Å². The van der Waals surface area contributed by atoms with E-state index in [9.17, 15) is 14.3 Å². The van der Waals surface area contributed by atoms with Gasteiger partial charge in [-0.05, 0) is 19.1 Å². The molecule has 1 saturated heterocycles. The van der Waals surface area contributed by atoms with Gasteiger partial charge >= 0.3 is 0 Å². The molecule has 0 bridgehead atoms. The summed E-state index contributed by atoms with van der Waals surface area (Å²) in [5.74, 6) is -0.646. The molecule has 0 unspecified atom stereocenters. The fourth-order valence-corrected chi connectivity index (χ4v) is 1.89. The first-order valence-corrected chi connectivity index (χ1v) is 5.28. The molecule has 1 aliphatic rings. The van der Waals surface area contributed by atoms with Crippen LogP contribution in [0.25, 0.3) is 0 Å². The fourth-order valence-electron chi connectivity index (χ4n) is 1.89. The van der Waals surface area contributed by atoms with Gasteiger partial charge in [-0.25, -0.2) is 4.39 Å². The molecule has 0 saturated carbocycles. The summed E-state index contributed by atoms with van der Waals surface area (Å²) in [4.78, 5) is 13.3. The van der Waals surface area contributed by atoms with Crippen molar-refractivity contribution in [2.45, 2.75) is 12.5 Å². The number of ether oxygens (including phenoxy) is 1. The second kappa shape index (κ2) is 4.00. The van der Waals surface area contributed by atoms with Crippen LogP contribution >= 0.6 is 0 Å². The Morgan fingerprint density at radius 2 is 2.18 bits per heavy atom. The third-order valence-corrected chi connectivity index (χ3v) is 2.76. The molecule has 92 valence electrons. The Hall–Kier alpha value is -1.62. The first-order chi connectivity index (χ1) is 7.93. The van der Waals surface area contributed by atoms with Crippen LogP contribution in [0.15, 0.2) is 18.2 Å². The van der Waals surface area contributed by atoms with Crippen molar-refractivity contribution >= 4 is 5.91 Å². The van der Waals surface area contributed by atoms with Gasteiger partial charge in [0.15, 0.2) is 0 Å². The molecule has 0 radical (unpaired) electrons. The Kier molecular flexibility index (Phi) is 2.79. The summed E-state index contributed by atoms with van der Waals surface area (Å²) in [6, 6.07) is 4.10. The lowest BCUT2D eigenvalue weighted by Crippen LogP contribution is -2.61. The van der Waals surface area contributed by atoms with Gasteiger partial charge in [0.05, 0.1) is 31.4 Å². The number of benzene rings is 1. The minimum absolute atomic E-state index is 0.00120. The zero-order valence-electron chi connectivity index (χ0n) is 9.74. The highest BCUT2D eigenvalue weighted by Crippen LogP contribution is 2.24. The molecule has 0 spiro atoms. The second-order valence-electron chi connectivity index (χ2n) is 4.50. The van der Waals surface area contributed by atoms with E-state index in [2.05, 4.69) is 0 Å². The van der Waals surface area contributed by atoms with Gasteiger partial charge in [-0.1, -0.05) is 0 Å². The van der Waals surface area contributed by atoms with E-state index in [0.29, 0.717) is 5.75 Å². The summed E-state index contributed by atoms with van der Waals surface area (Å²) in [5.41, 5.74) is -0.847. The quantitative estimate of drug-likeness (QED) is 0.839. The molecule has 0 atom stereocenters. The van der Waals surface area contributed by atoms with Crippen LogP contribution in [0, 0.1) is 5.82 Å². The predicted molar refractivity (Wildman–Crippen MR) is 59.5 cm³/mol. The second-order valence-corrected chi connectivity index (χ2v) is 4.50. The Labute approximate surface area is 98.6 Å². The molecular formula is C12H14FNO3. The van der Waals surface area contributed by atoms with Crippen molar-refractivity contribution in [1.82, 2.24) is 4.90 Å². The number of likely N-dealkylation sites (tertiary alicyclic amines) is 1. The zero-order chi connectivity index (χ0) is 12.6. The highest BCUT2D eigenvalue weighted by atomic mass is 19.1. The van der Waals surface area contributed by atoms with Crippen molar-refractivity contribution in [3.05, 3.63) is 29.6 Å². The molecule has 1 aromatic carbocycles. The summed E-state index contributed by atoms with van der Waals surface area (Å²) >= 11 is 0. The number of aliphatic hydroxyl groups is 1. The van der Waals surface area contributed by atoms with E-state index >= 15 is 0 Å². The Morgan fingerprint density at radius 3 is 2.65 bits per heavy atom. The van der Waals surface area contributed by atoms with Gasteiger partial charge in [0.25, 0.3) is 5.91 Å². The molecule has 1 aliphatic heterocycles. The van der Waals surface area contributed by atoms with Crippen LogP contribution in [0.1, 0.15) is 17.3 Å². The van der Waals surface area contributed by atoms with Gasteiger partial charge in [-0.3, -0.25) is 4.79 Å². The highest BCUT2D eigenvalue weighted by Gasteiger charge is 2.40. The summed E-state index contributed by atoms with van der Waals surface area (Å²) in [6.07, 6.45) is 0. The van der Waals surface area contributed by atoms with Crippen molar-refractivity contribution < 1.29 is 19.0 Å². The standard InChI is InChI=1S/C12H14FNO3/c1-12(16)6-14(7-12)11(15)9-4-3-8(17-2)5-10(9)13/h3-5,16H,6-7H2,1-2H3. The summed E-state index contributed by atoms with van der Waals surface area (Å²) in [5, 5.41) is 9.52. The van der Waals surface area contributed by atoms with E-state index in [4.69, 9.17) is 4.74 Å². The minimum Gasteiger partial charge on any atom is -0.497 e. The number of carbonyl (C=O) groups excluding carboxylic acids is 1. The zero-order valence-corrected chi connectivity index (χ0v) is 9.74. The van der Waals surface area contributed by atoms with Crippen molar-refractivity contribution in [2.75, 3.05) is 20.2 Å². The Balaban J connectivity index is 2.15. The third kappa shape index (κ3) is 2.24. The molecule has 5 heteroatoms. The third-order valence-electron chi connectivity index (χ3n) is 2.76. The first kappa shape index (κ1) is 11.9. The number of rotatable bonds is 2. The molecule has 1 fully saturated rings. The Morgan fingerprint density at radius 1 is 1.53 bits per heavy atom. The van der Waals surface area contributed by atoms with E-state index in [1.807, 2.05) is 0 Å². The van der Waals surface area contributed by atoms with Crippen molar-refractivity contribution in [1.29, 1.82) is 0 Å². The first-order valence-electron chi connectivity index (χ1n) is 5.28. The van der Waals surface area contributed by atoms with Crippen LogP contribution in [0.5, 0.6) is 5.75 Å². The normalized spacial score (nSPS) is 17.5. The smallest absolute Gasteiger partial charge is 0.257 e. The maximum atomic E-state index is 13.6. The molecule has 1 N–H and O–H groups in total. The molecule has 1 aromatic rings. The topological polar surface area (TPSA) is 49.8 Å². The average Bonchev–Trinajstić information content (AvgIpc) is 2.24. The number of nitrogens with zero attached hydrogens (tertiary/aromatic N) is 1. The predicted octanol–water partition coefficient (Wildman–Crippen LogP) is 1.04. The maximum Gasteiger partial charge on any atom is 0.257 e. The summed E-state index contributed by atoms with van der Waals surface area (Å²) in [7, 11) is 1.43. The number of hydrogen-bond acceptors (Lipinski definition) is 3. The van der Waals surface area contributed by atoms with E-state index in [1.165, 1.54) is 30.2 Å². The van der Waals surface area contributed by atoms with Gasteiger partial charge in [-0.2, -0.15) is 0 Å². The van der Waals surface area contributed by atoms with Gasteiger partial charge in [0, 0.05) is 6.07 Å². The molecule has 1 amide bonds. The minimum atomic E-state index is -0.849. The van der Waals surface area contributed by atoms with E-state index in [1.54, 1.807) is 6.92 Å². The molecule has 17 heavy (non-hydrogen) atoms. The number of methoxy groups -OCH3 is 1. The summed E-state index contributed by atoms with van der Waals surface area (Å²) < 4.78 is 18.5. The molecule has 4 nitrogen and oxygen atoms in total. The SMILES string of the molecule is COc1ccc(C(=O)N2CC(C)(O)C2)c(F)c1. The monoisotopic (exact) mass is 239 g/mol. The number of halogens is 1. The van der Waals surface area contributed by atoms with Gasteiger partial charge in [-0.15, -0.1) is 0 Å². The van der Waals surface area contributed by atoms with E-state index < -0.39 is 17.3 Å². The summed E-state index contributed by atoms with van der Waals surface area (Å²) in [6.45, 7) is 2.11. The van der Waals surface area contributed by atoms with Gasteiger partial charge < -0.3 is 14.7 Å². The highest BCUT2D eigenvalue weighted by molar-refractivity contribution is 5.95. The maximum absolute atomic E-state index is 13.6. The van der Waals surface area contributed by atoms with E-state index in [0.717, 1.165) is 0 Å². The number of amides is 1.